The Kier molecular flexibility index (Phi) is 5.75. The van der Waals surface area contributed by atoms with Gasteiger partial charge < -0.3 is 0 Å². The molecule has 0 radical (unpaired) electrons. The SMILES string of the molecule is CC(C(=O)c1ccccc1)N1CCN(Cc2ccc([N+](=O)[O-])cc2)CC1. The summed E-state index contributed by atoms with van der Waals surface area (Å²) in [4.78, 5) is 27.5. The number of benzene rings is 2. The van der Waals surface area contributed by atoms with Gasteiger partial charge >= 0.3 is 0 Å². The smallest absolute Gasteiger partial charge is 0.269 e. The summed E-state index contributed by atoms with van der Waals surface area (Å²) in [5.41, 5.74) is 1.94. The predicted octanol–water partition coefficient (Wildman–Crippen LogP) is 2.98. The molecule has 1 unspecified atom stereocenters. The van der Waals surface area contributed by atoms with Crippen LogP contribution in [-0.2, 0) is 6.54 Å². The number of nitro benzene ring substituents is 1. The molecule has 1 aliphatic heterocycles. The Hall–Kier alpha value is -2.57. The van der Waals surface area contributed by atoms with Gasteiger partial charge in [-0.25, -0.2) is 0 Å². The van der Waals surface area contributed by atoms with Gasteiger partial charge in [0, 0.05) is 50.4 Å². The number of hydrogen-bond donors (Lipinski definition) is 0. The summed E-state index contributed by atoms with van der Waals surface area (Å²) in [5, 5.41) is 10.7. The van der Waals surface area contributed by atoms with Crippen molar-refractivity contribution in [2.75, 3.05) is 26.2 Å². The van der Waals surface area contributed by atoms with E-state index >= 15 is 0 Å². The van der Waals surface area contributed by atoms with E-state index < -0.39 is 0 Å². The lowest BCUT2D eigenvalue weighted by Crippen LogP contribution is -2.51. The molecule has 0 aliphatic carbocycles. The minimum Gasteiger partial charge on any atom is -0.297 e. The fourth-order valence-electron chi connectivity index (χ4n) is 3.30. The fourth-order valence-corrected chi connectivity index (χ4v) is 3.30. The maximum Gasteiger partial charge on any atom is 0.269 e. The van der Waals surface area contributed by atoms with Gasteiger partial charge in [0.05, 0.1) is 11.0 Å². The van der Waals surface area contributed by atoms with E-state index in [4.69, 9.17) is 0 Å². The summed E-state index contributed by atoms with van der Waals surface area (Å²) in [6.07, 6.45) is 0. The van der Waals surface area contributed by atoms with Crippen LogP contribution in [0, 0.1) is 10.1 Å². The molecular weight excluding hydrogens is 330 g/mol. The van der Waals surface area contributed by atoms with Crippen LogP contribution in [0.1, 0.15) is 22.8 Å². The second-order valence-electron chi connectivity index (χ2n) is 6.64. The average molecular weight is 353 g/mol. The third kappa shape index (κ3) is 4.33. The standard InChI is InChI=1S/C20H23N3O3/c1-16(20(24)18-5-3-2-4-6-18)22-13-11-21(12-14-22)15-17-7-9-19(10-8-17)23(25)26/h2-10,16H,11-15H2,1H3. The van der Waals surface area contributed by atoms with Gasteiger partial charge in [-0.1, -0.05) is 42.5 Å². The van der Waals surface area contributed by atoms with Crippen molar-refractivity contribution >= 4 is 11.5 Å². The lowest BCUT2D eigenvalue weighted by atomic mass is 10.0. The Bertz CT molecular complexity index is 754. The molecule has 1 fully saturated rings. The third-order valence-corrected chi connectivity index (χ3v) is 4.95. The van der Waals surface area contributed by atoms with Crippen LogP contribution in [0.2, 0.25) is 0 Å². The first-order valence-corrected chi connectivity index (χ1v) is 8.83. The quantitative estimate of drug-likeness (QED) is 0.454. The molecule has 26 heavy (non-hydrogen) atoms. The van der Waals surface area contributed by atoms with Crippen molar-refractivity contribution in [2.24, 2.45) is 0 Å². The van der Waals surface area contributed by atoms with Crippen molar-refractivity contribution in [3.63, 3.8) is 0 Å². The zero-order valence-corrected chi connectivity index (χ0v) is 14.9. The summed E-state index contributed by atoms with van der Waals surface area (Å²) in [5.74, 6) is 0.161. The van der Waals surface area contributed by atoms with E-state index in [1.807, 2.05) is 49.4 Å². The van der Waals surface area contributed by atoms with Crippen molar-refractivity contribution in [1.82, 2.24) is 9.80 Å². The molecule has 6 heteroatoms. The average Bonchev–Trinajstić information content (AvgIpc) is 2.68. The lowest BCUT2D eigenvalue weighted by molar-refractivity contribution is -0.384. The summed E-state index contributed by atoms with van der Waals surface area (Å²) < 4.78 is 0. The van der Waals surface area contributed by atoms with Crippen LogP contribution in [0.25, 0.3) is 0 Å². The number of rotatable bonds is 6. The van der Waals surface area contributed by atoms with E-state index in [2.05, 4.69) is 9.80 Å². The normalized spacial score (nSPS) is 17.0. The number of ketones is 1. The molecule has 0 amide bonds. The number of nitro groups is 1. The molecule has 1 aliphatic rings. The Morgan fingerprint density at radius 2 is 1.65 bits per heavy atom. The molecule has 0 saturated carbocycles. The Labute approximate surface area is 153 Å². The van der Waals surface area contributed by atoms with E-state index in [1.165, 1.54) is 0 Å². The predicted molar refractivity (Wildman–Crippen MR) is 100 cm³/mol. The molecule has 1 heterocycles. The molecule has 136 valence electrons. The monoisotopic (exact) mass is 353 g/mol. The van der Waals surface area contributed by atoms with Gasteiger partial charge in [-0.15, -0.1) is 0 Å². The molecule has 0 aromatic heterocycles. The van der Waals surface area contributed by atoms with Crippen LogP contribution in [-0.4, -0.2) is 52.7 Å². The zero-order valence-electron chi connectivity index (χ0n) is 14.9. The molecular formula is C20H23N3O3. The maximum absolute atomic E-state index is 12.6. The summed E-state index contributed by atoms with van der Waals surface area (Å²) in [7, 11) is 0. The number of nitrogens with zero attached hydrogens (tertiary/aromatic N) is 3. The van der Waals surface area contributed by atoms with E-state index in [0.29, 0.717) is 0 Å². The number of Topliss-reactive ketones (excluding diaryl/α,β-unsaturated/α-hetero) is 1. The molecule has 3 rings (SSSR count). The van der Waals surface area contributed by atoms with Crippen LogP contribution >= 0.6 is 0 Å². The largest absolute Gasteiger partial charge is 0.297 e. The summed E-state index contributed by atoms with van der Waals surface area (Å²) in [6, 6.07) is 16.0. The number of carbonyl (C=O) groups excluding carboxylic acids is 1. The lowest BCUT2D eigenvalue weighted by Gasteiger charge is -2.37. The summed E-state index contributed by atoms with van der Waals surface area (Å²) in [6.45, 7) is 6.18. The van der Waals surface area contributed by atoms with Gasteiger partial charge in [-0.2, -0.15) is 0 Å². The van der Waals surface area contributed by atoms with E-state index in [0.717, 1.165) is 43.9 Å². The second-order valence-corrected chi connectivity index (χ2v) is 6.64. The summed E-state index contributed by atoms with van der Waals surface area (Å²) >= 11 is 0. The molecule has 6 nitrogen and oxygen atoms in total. The van der Waals surface area contributed by atoms with Crippen LogP contribution in [0.3, 0.4) is 0 Å². The highest BCUT2D eigenvalue weighted by atomic mass is 16.6. The molecule has 0 bridgehead atoms. The first-order valence-electron chi connectivity index (χ1n) is 8.83. The van der Waals surface area contributed by atoms with Gasteiger partial charge in [-0.3, -0.25) is 24.7 Å². The zero-order chi connectivity index (χ0) is 18.5. The fraction of sp³-hybridized carbons (Fsp3) is 0.350. The minimum absolute atomic E-state index is 0.117. The van der Waals surface area contributed by atoms with Crippen molar-refractivity contribution in [2.45, 2.75) is 19.5 Å². The Balaban J connectivity index is 1.52. The first kappa shape index (κ1) is 18.2. The van der Waals surface area contributed by atoms with Gasteiger partial charge in [0.25, 0.3) is 5.69 Å². The van der Waals surface area contributed by atoms with Gasteiger partial charge in [0.15, 0.2) is 5.78 Å². The first-order chi connectivity index (χ1) is 12.5. The molecule has 1 atom stereocenters. The number of hydrogen-bond acceptors (Lipinski definition) is 5. The Morgan fingerprint density at radius 3 is 2.23 bits per heavy atom. The number of carbonyl (C=O) groups is 1. The molecule has 0 spiro atoms. The van der Waals surface area contributed by atoms with Crippen LogP contribution in [0.5, 0.6) is 0 Å². The van der Waals surface area contributed by atoms with Gasteiger partial charge in [0.1, 0.15) is 0 Å². The maximum atomic E-state index is 12.6. The number of non-ortho nitro benzene ring substituents is 1. The highest BCUT2D eigenvalue weighted by Crippen LogP contribution is 2.16. The highest BCUT2D eigenvalue weighted by molar-refractivity contribution is 5.99. The molecule has 1 saturated heterocycles. The molecule has 0 N–H and O–H groups in total. The van der Waals surface area contributed by atoms with Crippen molar-refractivity contribution < 1.29 is 9.72 Å². The van der Waals surface area contributed by atoms with E-state index in [1.54, 1.807) is 12.1 Å². The molecule has 2 aromatic carbocycles. The van der Waals surface area contributed by atoms with Crippen LogP contribution in [0.15, 0.2) is 54.6 Å². The van der Waals surface area contributed by atoms with E-state index in [9.17, 15) is 14.9 Å². The Morgan fingerprint density at radius 1 is 1.04 bits per heavy atom. The van der Waals surface area contributed by atoms with Crippen molar-refractivity contribution in [3.8, 4) is 0 Å². The highest BCUT2D eigenvalue weighted by Gasteiger charge is 2.26. The minimum atomic E-state index is -0.381. The second kappa shape index (κ2) is 8.21. The van der Waals surface area contributed by atoms with E-state index in [-0.39, 0.29) is 22.4 Å². The molecule has 2 aromatic rings. The van der Waals surface area contributed by atoms with Crippen molar-refractivity contribution in [3.05, 3.63) is 75.8 Å². The van der Waals surface area contributed by atoms with Gasteiger partial charge in [-0.05, 0) is 12.5 Å². The van der Waals surface area contributed by atoms with Gasteiger partial charge in [0.2, 0.25) is 0 Å². The number of piperazine rings is 1. The topological polar surface area (TPSA) is 66.7 Å². The van der Waals surface area contributed by atoms with Crippen LogP contribution in [0.4, 0.5) is 5.69 Å². The third-order valence-electron chi connectivity index (χ3n) is 4.95. The van der Waals surface area contributed by atoms with Crippen molar-refractivity contribution in [1.29, 1.82) is 0 Å². The van der Waals surface area contributed by atoms with Crippen LogP contribution < -0.4 is 0 Å².